The number of aromatic nitrogens is 2. The van der Waals surface area contributed by atoms with Crippen molar-refractivity contribution in [3.8, 4) is 11.1 Å². The number of aliphatic carboxylic acids is 1. The molecular weight excluding hydrogens is 378 g/mol. The number of amides is 1. The molecule has 1 atom stereocenters. The minimum absolute atomic E-state index is 0.0516. The number of rotatable bonds is 6. The number of hydrogen-bond acceptors (Lipinski definition) is 6. The highest BCUT2D eigenvalue weighted by molar-refractivity contribution is 7.03. The van der Waals surface area contributed by atoms with E-state index in [-0.39, 0.29) is 18.9 Å². The van der Waals surface area contributed by atoms with Crippen LogP contribution >= 0.6 is 11.5 Å². The molecule has 0 bridgehead atoms. The van der Waals surface area contributed by atoms with E-state index in [1.165, 1.54) is 0 Å². The van der Waals surface area contributed by atoms with Crippen LogP contribution in [0.1, 0.15) is 22.7 Å². The molecule has 0 spiro atoms. The van der Waals surface area contributed by atoms with Gasteiger partial charge in [-0.1, -0.05) is 53.0 Å². The van der Waals surface area contributed by atoms with Gasteiger partial charge in [-0.15, -0.1) is 5.10 Å². The van der Waals surface area contributed by atoms with E-state index in [2.05, 4.69) is 27.0 Å². The third-order valence-electron chi connectivity index (χ3n) is 4.75. The molecule has 142 valence electrons. The summed E-state index contributed by atoms with van der Waals surface area (Å²) in [5.74, 6) is -1.23. The van der Waals surface area contributed by atoms with Gasteiger partial charge in [0.2, 0.25) is 0 Å². The fourth-order valence-corrected chi connectivity index (χ4v) is 3.93. The number of carbonyl (C=O) groups is 2. The average Bonchev–Trinajstić information content (AvgIpc) is 3.32. The highest BCUT2D eigenvalue weighted by Crippen LogP contribution is 2.44. The second-order valence-electron chi connectivity index (χ2n) is 6.46. The lowest BCUT2D eigenvalue weighted by molar-refractivity contribution is -0.139. The van der Waals surface area contributed by atoms with Crippen molar-refractivity contribution in [3.05, 3.63) is 70.7 Å². The zero-order chi connectivity index (χ0) is 19.5. The minimum Gasteiger partial charge on any atom is -0.480 e. The molecule has 0 radical (unpaired) electrons. The zero-order valence-corrected chi connectivity index (χ0v) is 15.6. The number of benzene rings is 2. The van der Waals surface area contributed by atoms with Gasteiger partial charge in [0.1, 0.15) is 12.6 Å². The van der Waals surface area contributed by atoms with Crippen LogP contribution in [0.25, 0.3) is 11.1 Å². The van der Waals surface area contributed by atoms with Crippen molar-refractivity contribution in [2.75, 3.05) is 6.61 Å². The lowest BCUT2D eigenvalue weighted by atomic mass is 9.98. The number of carboxylic acids is 1. The van der Waals surface area contributed by atoms with Gasteiger partial charge in [-0.25, -0.2) is 9.59 Å². The molecule has 1 aliphatic carbocycles. The van der Waals surface area contributed by atoms with E-state index in [1.807, 2.05) is 36.4 Å². The Kier molecular flexibility index (Phi) is 5.03. The van der Waals surface area contributed by atoms with Crippen LogP contribution in [0.5, 0.6) is 0 Å². The van der Waals surface area contributed by atoms with Gasteiger partial charge >= 0.3 is 12.1 Å². The van der Waals surface area contributed by atoms with Crippen LogP contribution in [0.15, 0.2) is 53.9 Å². The highest BCUT2D eigenvalue weighted by atomic mass is 32.1. The first kappa shape index (κ1) is 18.1. The third kappa shape index (κ3) is 3.59. The molecule has 1 heterocycles. The predicted molar refractivity (Wildman–Crippen MR) is 103 cm³/mol. The van der Waals surface area contributed by atoms with E-state index in [9.17, 15) is 14.7 Å². The Bertz CT molecular complexity index is 961. The van der Waals surface area contributed by atoms with Crippen molar-refractivity contribution < 1.29 is 19.4 Å². The van der Waals surface area contributed by atoms with Gasteiger partial charge in [-0.05, 0) is 33.8 Å². The van der Waals surface area contributed by atoms with Crippen molar-refractivity contribution >= 4 is 23.6 Å². The second-order valence-corrected chi connectivity index (χ2v) is 7.07. The predicted octanol–water partition coefficient (Wildman–Crippen LogP) is 3.07. The van der Waals surface area contributed by atoms with Crippen LogP contribution < -0.4 is 5.32 Å². The van der Waals surface area contributed by atoms with Crippen molar-refractivity contribution in [2.45, 2.75) is 18.4 Å². The molecule has 0 aliphatic heterocycles. The van der Waals surface area contributed by atoms with E-state index < -0.39 is 18.1 Å². The van der Waals surface area contributed by atoms with Gasteiger partial charge in [0, 0.05) is 17.7 Å². The first-order valence-electron chi connectivity index (χ1n) is 8.73. The molecule has 28 heavy (non-hydrogen) atoms. The first-order chi connectivity index (χ1) is 13.6. The van der Waals surface area contributed by atoms with Gasteiger partial charge in [-0.3, -0.25) is 0 Å². The fourth-order valence-electron chi connectivity index (χ4n) is 3.46. The van der Waals surface area contributed by atoms with Gasteiger partial charge in [0.15, 0.2) is 0 Å². The van der Waals surface area contributed by atoms with Crippen molar-refractivity contribution in [3.63, 3.8) is 0 Å². The van der Waals surface area contributed by atoms with Crippen LogP contribution in [-0.2, 0) is 16.0 Å². The van der Waals surface area contributed by atoms with E-state index in [0.717, 1.165) is 33.8 Å². The Morgan fingerprint density at radius 2 is 1.75 bits per heavy atom. The molecule has 8 heteroatoms. The summed E-state index contributed by atoms with van der Waals surface area (Å²) in [4.78, 5) is 23.7. The van der Waals surface area contributed by atoms with E-state index in [4.69, 9.17) is 4.74 Å². The summed E-state index contributed by atoms with van der Waals surface area (Å²) in [5, 5.41) is 17.2. The molecular formula is C20H17N3O4S. The number of carbonyl (C=O) groups excluding carboxylic acids is 1. The summed E-state index contributed by atoms with van der Waals surface area (Å²) in [6.07, 6.45) is -0.715. The normalized spacial score (nSPS) is 13.4. The number of hydrogen-bond donors (Lipinski definition) is 2. The Labute approximate surface area is 165 Å². The molecule has 0 saturated heterocycles. The molecule has 1 aromatic heterocycles. The number of nitrogens with zero attached hydrogens (tertiary/aromatic N) is 2. The average molecular weight is 395 g/mol. The molecule has 1 unspecified atom stereocenters. The number of fused-ring (bicyclic) bond motifs is 3. The Balaban J connectivity index is 1.44. The smallest absolute Gasteiger partial charge is 0.407 e. The Morgan fingerprint density at radius 3 is 2.32 bits per heavy atom. The monoisotopic (exact) mass is 395 g/mol. The van der Waals surface area contributed by atoms with Gasteiger partial charge in [-0.2, -0.15) is 0 Å². The lowest BCUT2D eigenvalue weighted by Gasteiger charge is -2.17. The van der Waals surface area contributed by atoms with Crippen molar-refractivity contribution in [1.29, 1.82) is 0 Å². The van der Waals surface area contributed by atoms with Crippen LogP contribution in [0.4, 0.5) is 4.79 Å². The van der Waals surface area contributed by atoms with E-state index >= 15 is 0 Å². The molecule has 2 N–H and O–H groups in total. The maximum absolute atomic E-state index is 12.2. The molecule has 1 aliphatic rings. The van der Waals surface area contributed by atoms with Crippen LogP contribution in [-0.4, -0.2) is 39.4 Å². The summed E-state index contributed by atoms with van der Waals surface area (Å²) in [7, 11) is 0. The van der Waals surface area contributed by atoms with Crippen molar-refractivity contribution in [1.82, 2.24) is 14.9 Å². The number of carboxylic acid groups (broad SMARTS) is 1. The molecule has 0 saturated carbocycles. The third-order valence-corrected chi connectivity index (χ3v) is 5.31. The van der Waals surface area contributed by atoms with Gasteiger partial charge in [0.25, 0.3) is 0 Å². The number of alkyl carbamates (subject to hydrolysis) is 1. The molecule has 0 fully saturated rings. The minimum atomic E-state index is -1.15. The lowest BCUT2D eigenvalue weighted by Crippen LogP contribution is -2.43. The zero-order valence-electron chi connectivity index (χ0n) is 14.7. The summed E-state index contributed by atoms with van der Waals surface area (Å²) in [6.45, 7) is 0.129. The molecule has 7 nitrogen and oxygen atoms in total. The molecule has 2 aromatic carbocycles. The standard InChI is InChI=1S/C20H17N3O4S/c24-19(25)18(9-12-11-28-23-22-12)21-20(26)27-10-17-15-7-3-1-5-13(15)14-6-2-4-8-16(14)17/h1-8,11,17-18H,9-10H2,(H,21,26)(H,24,25). The summed E-state index contributed by atoms with van der Waals surface area (Å²) in [6, 6.07) is 14.9. The Hall–Kier alpha value is -3.26. The summed E-state index contributed by atoms with van der Waals surface area (Å²) in [5.41, 5.74) is 4.97. The van der Waals surface area contributed by atoms with Crippen LogP contribution in [0.3, 0.4) is 0 Å². The van der Waals surface area contributed by atoms with Crippen LogP contribution in [0, 0.1) is 0 Å². The van der Waals surface area contributed by atoms with Gasteiger partial charge in [0.05, 0.1) is 5.69 Å². The first-order valence-corrected chi connectivity index (χ1v) is 9.57. The summed E-state index contributed by atoms with van der Waals surface area (Å²) < 4.78 is 9.09. The van der Waals surface area contributed by atoms with E-state index in [0.29, 0.717) is 5.69 Å². The van der Waals surface area contributed by atoms with E-state index in [1.54, 1.807) is 5.38 Å². The highest BCUT2D eigenvalue weighted by Gasteiger charge is 2.29. The van der Waals surface area contributed by atoms with Crippen LogP contribution in [0.2, 0.25) is 0 Å². The SMILES string of the molecule is O=C(NC(Cc1csnn1)C(=O)O)OCC1c2ccccc2-c2ccccc21. The second kappa shape index (κ2) is 7.77. The maximum atomic E-state index is 12.2. The fraction of sp³-hybridized carbons (Fsp3) is 0.200. The quantitative estimate of drug-likeness (QED) is 0.665. The Morgan fingerprint density at radius 1 is 1.11 bits per heavy atom. The largest absolute Gasteiger partial charge is 0.480 e. The topological polar surface area (TPSA) is 101 Å². The summed E-state index contributed by atoms with van der Waals surface area (Å²) >= 11 is 1.13. The van der Waals surface area contributed by atoms with Gasteiger partial charge < -0.3 is 15.2 Å². The number of nitrogens with one attached hydrogen (secondary N) is 1. The molecule has 4 rings (SSSR count). The maximum Gasteiger partial charge on any atom is 0.407 e. The number of ether oxygens (including phenoxy) is 1. The molecule has 1 amide bonds. The molecule has 3 aromatic rings. The van der Waals surface area contributed by atoms with Crippen molar-refractivity contribution in [2.24, 2.45) is 0 Å².